The maximum Gasteiger partial charge on any atom is 0.196 e. The van der Waals surface area contributed by atoms with Crippen LogP contribution in [-0.4, -0.2) is 121 Å². The Kier molecular flexibility index (Phi) is 15.5. The number of pyridine rings is 2. The highest BCUT2D eigenvalue weighted by atomic mass is 32.1. The number of piperidine rings is 3. The minimum atomic E-state index is -0.416. The van der Waals surface area contributed by atoms with Crippen molar-refractivity contribution in [1.82, 2.24) is 79.6 Å². The molecule has 0 radical (unpaired) electrons. The summed E-state index contributed by atoms with van der Waals surface area (Å²) in [4.78, 5) is 40.0. The average Bonchev–Trinajstić information content (AvgIpc) is 2.24. The molecule has 0 spiro atoms. The van der Waals surface area contributed by atoms with Crippen LogP contribution in [0, 0.1) is 37.1 Å². The van der Waals surface area contributed by atoms with Crippen LogP contribution in [-0.2, 0) is 7.05 Å². The van der Waals surface area contributed by atoms with Crippen LogP contribution < -0.4 is 25.6 Å². The van der Waals surface area contributed by atoms with Gasteiger partial charge in [0.1, 0.15) is 27.1 Å². The van der Waals surface area contributed by atoms with E-state index in [4.69, 9.17) is 14.7 Å². The van der Waals surface area contributed by atoms with Crippen molar-refractivity contribution in [1.29, 1.82) is 0 Å². The molecule has 87 heavy (non-hydrogen) atoms. The number of hydrogen-bond donors (Lipinski definition) is 3. The van der Waals surface area contributed by atoms with Gasteiger partial charge >= 0.3 is 0 Å². The van der Waals surface area contributed by atoms with Gasteiger partial charge in [0.2, 0.25) is 0 Å². The van der Waals surface area contributed by atoms with Crippen molar-refractivity contribution < 1.29 is 22.3 Å². The first-order valence-corrected chi connectivity index (χ1v) is 31.5. The van der Waals surface area contributed by atoms with E-state index >= 15 is 0 Å². The number of halogens is 4. The number of benzene rings is 2. The highest BCUT2D eigenvalue weighted by Crippen LogP contribution is 2.40. The van der Waals surface area contributed by atoms with E-state index in [1.807, 2.05) is 26.0 Å². The van der Waals surface area contributed by atoms with Gasteiger partial charge in [-0.3, -0.25) is 4.68 Å². The fourth-order valence-electron chi connectivity index (χ4n) is 12.4. The van der Waals surface area contributed by atoms with Gasteiger partial charge in [0, 0.05) is 90.3 Å². The fraction of sp³-hybridized carbons (Fsp3) is 0.387. The first-order chi connectivity index (χ1) is 41.7. The summed E-state index contributed by atoms with van der Waals surface area (Å²) in [7, 11) is 5.46. The zero-order chi connectivity index (χ0) is 60.6. The largest absolute Gasteiger partial charge is 0.493 e. The van der Waals surface area contributed by atoms with Crippen molar-refractivity contribution in [2.45, 2.75) is 109 Å². The van der Waals surface area contributed by atoms with E-state index in [2.05, 4.69) is 95.7 Å². The van der Waals surface area contributed by atoms with Gasteiger partial charge in [-0.25, -0.2) is 57.0 Å². The normalized spacial score (nSPS) is 16.7. The second-order valence-corrected chi connectivity index (χ2v) is 27.2. The fourth-order valence-corrected chi connectivity index (χ4v) is 15.7. The summed E-state index contributed by atoms with van der Waals surface area (Å²) < 4.78 is 69.7. The number of nitrogens with zero attached hydrogens (tertiary/aromatic N) is 14. The van der Waals surface area contributed by atoms with Crippen LogP contribution in [0.3, 0.4) is 0 Å². The van der Waals surface area contributed by atoms with E-state index in [-0.39, 0.29) is 34.2 Å². The minimum absolute atomic E-state index is 0.0516. The van der Waals surface area contributed by atoms with Crippen molar-refractivity contribution in [2.75, 3.05) is 45.2 Å². The predicted octanol–water partition coefficient (Wildman–Crippen LogP) is 12.5. The first-order valence-electron chi connectivity index (χ1n) is 29.0. The molecule has 0 saturated carbocycles. The Morgan fingerprint density at radius 1 is 0.598 bits per heavy atom. The Labute approximate surface area is 510 Å². The Balaban J connectivity index is 0.000000121. The summed E-state index contributed by atoms with van der Waals surface area (Å²) in [6, 6.07) is 11.6. The lowest BCUT2D eigenvalue weighted by Crippen LogP contribution is -2.61. The number of methoxy groups -OCH3 is 1. The molecule has 13 heterocycles. The number of hydrogen-bond acceptors (Lipinski definition) is 18. The van der Waals surface area contributed by atoms with E-state index in [1.165, 1.54) is 46.9 Å². The molecular weight excluding hydrogens is 1170 g/mol. The van der Waals surface area contributed by atoms with Gasteiger partial charge in [0.05, 0.1) is 57.0 Å². The summed E-state index contributed by atoms with van der Waals surface area (Å²) in [6.45, 7) is 16.6. The molecule has 3 saturated heterocycles. The van der Waals surface area contributed by atoms with Crippen LogP contribution in [0.1, 0.15) is 99.5 Å². The molecule has 10 aromatic heterocycles. The lowest BCUT2D eigenvalue weighted by Gasteiger charge is -2.48. The molecule has 0 atom stereocenters. The van der Waals surface area contributed by atoms with E-state index in [1.54, 1.807) is 76.1 Å². The SMILES string of the molecule is CN(c1nc2ncc(-c3cc(F)c4nn(C)cc4c3)nc2s1)C1CC(C)(C)NC(C)(C)C1.COc1cc(-c2cc(F)c3nc(C4CCNCC4)sc3n2)nn2cc(C)nc12.Cc1cn2cc(-c3cc(F)c4nc(C5CCNCC5)sc4c3)cc(F)c2n1. The van der Waals surface area contributed by atoms with E-state index in [9.17, 15) is 17.6 Å². The molecule has 15 rings (SSSR count). The number of rotatable bonds is 8. The quantitative estimate of drug-likeness (QED) is 0.122. The van der Waals surface area contributed by atoms with Crippen molar-refractivity contribution in [3.63, 3.8) is 0 Å². The van der Waals surface area contributed by atoms with Crippen LogP contribution in [0.5, 0.6) is 5.75 Å². The third kappa shape index (κ3) is 12.0. The third-order valence-electron chi connectivity index (χ3n) is 16.2. The lowest BCUT2D eigenvalue weighted by atomic mass is 9.79. The minimum Gasteiger partial charge on any atom is -0.493 e. The van der Waals surface area contributed by atoms with Crippen LogP contribution in [0.25, 0.3) is 87.0 Å². The van der Waals surface area contributed by atoms with Crippen LogP contribution in [0.4, 0.5) is 22.7 Å². The Hall–Kier alpha value is -7.68. The van der Waals surface area contributed by atoms with Crippen LogP contribution in [0.15, 0.2) is 73.4 Å². The zero-order valence-electron chi connectivity index (χ0n) is 49.6. The molecule has 3 N–H and O–H groups in total. The van der Waals surface area contributed by atoms with Gasteiger partial charge in [-0.2, -0.15) is 15.2 Å². The second-order valence-electron chi connectivity index (χ2n) is 24.2. The molecule has 3 fully saturated rings. The number of nitrogens with one attached hydrogen (secondary N) is 3. The monoisotopic (exact) mass is 1240 g/mol. The van der Waals surface area contributed by atoms with Gasteiger partial charge in [-0.15, -0.1) is 11.3 Å². The van der Waals surface area contributed by atoms with Crippen molar-refractivity contribution in [3.8, 4) is 39.5 Å². The van der Waals surface area contributed by atoms with Crippen molar-refractivity contribution in [3.05, 3.63) is 118 Å². The molecule has 25 heteroatoms. The number of aromatic nitrogens is 13. The number of imidazole rings is 2. The van der Waals surface area contributed by atoms with Crippen LogP contribution in [0.2, 0.25) is 0 Å². The molecular formula is C62H65F4N17OS3. The summed E-state index contributed by atoms with van der Waals surface area (Å²) >= 11 is 4.55. The molecule has 3 aliphatic rings. The maximum absolute atomic E-state index is 14.8. The number of thiazole rings is 3. The van der Waals surface area contributed by atoms with E-state index in [0.717, 1.165) is 106 Å². The smallest absolute Gasteiger partial charge is 0.196 e. The van der Waals surface area contributed by atoms with Crippen LogP contribution >= 0.6 is 34.0 Å². The van der Waals surface area contributed by atoms with Gasteiger partial charge < -0.3 is 30.0 Å². The lowest BCUT2D eigenvalue weighted by molar-refractivity contribution is 0.161. The Morgan fingerprint density at radius 3 is 1.95 bits per heavy atom. The molecule has 0 bridgehead atoms. The van der Waals surface area contributed by atoms with Gasteiger partial charge in [0.15, 0.2) is 55.9 Å². The number of fused-ring (bicyclic) bond motifs is 6. The molecule has 3 aliphatic heterocycles. The predicted molar refractivity (Wildman–Crippen MR) is 336 cm³/mol. The Bertz CT molecular complexity index is 4560. The Morgan fingerprint density at radius 2 is 1.23 bits per heavy atom. The molecule has 12 aromatic rings. The van der Waals surface area contributed by atoms with Crippen molar-refractivity contribution in [2.24, 2.45) is 7.05 Å². The first kappa shape index (κ1) is 58.3. The van der Waals surface area contributed by atoms with E-state index < -0.39 is 5.82 Å². The molecule has 0 amide bonds. The number of aryl methyl sites for hydroxylation is 3. The number of ether oxygens (including phenoxy) is 1. The second kappa shape index (κ2) is 23.1. The molecule has 2 aromatic carbocycles. The average molecular weight is 1240 g/mol. The summed E-state index contributed by atoms with van der Waals surface area (Å²) in [6.07, 6.45) is 15.0. The highest BCUT2D eigenvalue weighted by molar-refractivity contribution is 7.21. The van der Waals surface area contributed by atoms with Gasteiger partial charge in [-0.1, -0.05) is 22.7 Å². The molecule has 18 nitrogen and oxygen atoms in total. The topological polar surface area (TPSA) is 191 Å². The standard InChI is InChI=1S/C23H28FN7S.C20H18F2N4S.C19H19FN6OS/c1-22(2)9-15(10-23(3,4)29-22)31(6)21-27-19-20(32-21)26-17(11-25-19)13-7-14-12-30(5)28-18(14)16(24)8-13;1-11-9-26-10-14(7-16(22)19(26)24-11)13-6-15(21)18-17(8-13)27-20(25-18)12-2-4-23-5-3-12;1-10-9-26-17(22-10)15(27-2)8-14(25-26)13-7-12(20)16-19(23-13)28-18(24-16)11-3-5-21-6-4-11/h7-8,11-12,15,29H,9-10H2,1-6H3;6-10,12,23H,2-5H2,1H3;7-9,11,21H,3-6H2,1-2H3. The third-order valence-corrected chi connectivity index (χ3v) is 19.5. The zero-order valence-corrected chi connectivity index (χ0v) is 52.1. The molecule has 0 aliphatic carbocycles. The summed E-state index contributed by atoms with van der Waals surface area (Å²) in [5, 5.41) is 22.7. The molecule has 0 unspecified atom stereocenters. The number of anilines is 1. The highest BCUT2D eigenvalue weighted by Gasteiger charge is 2.40. The van der Waals surface area contributed by atoms with Gasteiger partial charge in [0.25, 0.3) is 0 Å². The molecule has 450 valence electrons. The summed E-state index contributed by atoms with van der Waals surface area (Å²) in [5.74, 6) is -0.192. The van der Waals surface area contributed by atoms with Gasteiger partial charge in [-0.05, 0) is 142 Å². The van der Waals surface area contributed by atoms with E-state index in [0.29, 0.717) is 90.1 Å². The summed E-state index contributed by atoms with van der Waals surface area (Å²) in [5.41, 5.74) is 7.87. The maximum atomic E-state index is 14.8. The van der Waals surface area contributed by atoms with Crippen molar-refractivity contribution >= 4 is 92.4 Å².